The van der Waals surface area contributed by atoms with E-state index in [0.29, 0.717) is 0 Å². The Balaban J connectivity index is 1.86. The fourth-order valence-corrected chi connectivity index (χ4v) is 6.40. The Morgan fingerprint density at radius 1 is 0.667 bits per heavy atom. The molecule has 2 rings (SSSR count). The van der Waals surface area contributed by atoms with Gasteiger partial charge in [-0.1, -0.05) is 89.4 Å². The molecule has 2 aliphatic carbocycles. The van der Waals surface area contributed by atoms with Gasteiger partial charge in [0.2, 0.25) is 0 Å². The quantitative estimate of drug-likeness (QED) is 0.355. The molecule has 2 aliphatic rings. The van der Waals surface area contributed by atoms with Crippen molar-refractivity contribution in [2.24, 2.45) is 11.8 Å². The van der Waals surface area contributed by atoms with E-state index in [-0.39, 0.29) is 6.47 Å². The van der Waals surface area contributed by atoms with Gasteiger partial charge in [-0.2, -0.15) is 0 Å². The maximum atomic E-state index is 3.91. The average molecular weight is 510 g/mol. The van der Waals surface area contributed by atoms with E-state index in [2.05, 4.69) is 63.7 Å². The molecular formula is C14H22Br4. The zero-order valence-electron chi connectivity index (χ0n) is 10.7. The summed E-state index contributed by atoms with van der Waals surface area (Å²) in [7, 11) is 0. The molecule has 0 aromatic carbocycles. The highest BCUT2D eigenvalue weighted by Gasteiger charge is 2.39. The Kier molecular flexibility index (Phi) is 6.14. The predicted octanol–water partition coefficient (Wildman–Crippen LogP) is 7.12. The van der Waals surface area contributed by atoms with Crippen molar-refractivity contribution in [2.75, 3.05) is 0 Å². The molecule has 2 saturated carbocycles. The Labute approximate surface area is 145 Å². The second kappa shape index (κ2) is 6.79. The van der Waals surface area contributed by atoms with E-state index in [0.717, 1.165) is 11.8 Å². The van der Waals surface area contributed by atoms with Crippen LogP contribution in [0.2, 0.25) is 0 Å². The molecule has 0 saturated heterocycles. The normalized spacial score (nSPS) is 35.3. The van der Waals surface area contributed by atoms with Gasteiger partial charge in [0.15, 0.2) is 0 Å². The summed E-state index contributed by atoms with van der Waals surface area (Å²) in [6.45, 7) is 0. The minimum Gasteiger partial charge on any atom is -0.0724 e. The first-order valence-corrected chi connectivity index (χ1v) is 10.3. The number of halogens is 4. The Bertz CT molecular complexity index is 247. The molecule has 4 heteroatoms. The molecule has 0 spiro atoms. The zero-order chi connectivity index (χ0) is 13.2. The van der Waals surface area contributed by atoms with E-state index in [1.165, 1.54) is 64.2 Å². The maximum Gasteiger partial charge on any atom is 0.0833 e. The Morgan fingerprint density at radius 2 is 1.06 bits per heavy atom. The van der Waals surface area contributed by atoms with Crippen LogP contribution >= 0.6 is 63.7 Å². The fourth-order valence-electron chi connectivity index (χ4n) is 3.45. The monoisotopic (exact) mass is 506 g/mol. The summed E-state index contributed by atoms with van der Waals surface area (Å²) in [6, 6.07) is 0. The van der Waals surface area contributed by atoms with Crippen LogP contribution in [0.3, 0.4) is 0 Å². The van der Waals surface area contributed by atoms with Crippen molar-refractivity contribution in [1.29, 1.82) is 0 Å². The Hall–Kier alpha value is 1.92. The van der Waals surface area contributed by atoms with Crippen molar-refractivity contribution in [3.05, 3.63) is 0 Å². The summed E-state index contributed by atoms with van der Waals surface area (Å²) in [5, 5.41) is 0. The second-order valence-electron chi connectivity index (χ2n) is 5.98. The lowest BCUT2D eigenvalue weighted by atomic mass is 9.80. The minimum absolute atomic E-state index is 0.216. The van der Waals surface area contributed by atoms with Crippen LogP contribution < -0.4 is 0 Å². The van der Waals surface area contributed by atoms with Crippen LogP contribution in [0.1, 0.15) is 64.2 Å². The van der Waals surface area contributed by atoms with Crippen LogP contribution in [0.4, 0.5) is 0 Å². The third kappa shape index (κ3) is 4.21. The smallest absolute Gasteiger partial charge is 0.0724 e. The summed E-state index contributed by atoms with van der Waals surface area (Å²) in [5.41, 5.74) is 0. The SMILES string of the molecule is BrC1(Br)CCCCC1CCC1CCCCC1(Br)Br. The van der Waals surface area contributed by atoms with E-state index < -0.39 is 0 Å². The molecule has 2 unspecified atom stereocenters. The van der Waals surface area contributed by atoms with Gasteiger partial charge in [-0.15, -0.1) is 0 Å². The van der Waals surface area contributed by atoms with Crippen molar-refractivity contribution >= 4 is 63.7 Å². The molecule has 106 valence electrons. The first-order valence-electron chi connectivity index (χ1n) is 7.17. The molecule has 0 aromatic rings. The molecule has 0 aromatic heterocycles. The first-order chi connectivity index (χ1) is 8.42. The molecule has 18 heavy (non-hydrogen) atoms. The van der Waals surface area contributed by atoms with Gasteiger partial charge >= 0.3 is 0 Å². The largest absolute Gasteiger partial charge is 0.0833 e. The highest BCUT2D eigenvalue weighted by Crippen LogP contribution is 2.51. The number of hydrogen-bond acceptors (Lipinski definition) is 0. The van der Waals surface area contributed by atoms with Crippen LogP contribution in [0.25, 0.3) is 0 Å². The van der Waals surface area contributed by atoms with Crippen LogP contribution in [0.5, 0.6) is 0 Å². The lowest BCUT2D eigenvalue weighted by Crippen LogP contribution is -2.32. The van der Waals surface area contributed by atoms with Crippen LogP contribution in [0.15, 0.2) is 0 Å². The highest BCUT2D eigenvalue weighted by molar-refractivity contribution is 9.25. The van der Waals surface area contributed by atoms with Gasteiger partial charge in [0.25, 0.3) is 0 Å². The zero-order valence-corrected chi connectivity index (χ0v) is 17.1. The van der Waals surface area contributed by atoms with Crippen molar-refractivity contribution in [3.8, 4) is 0 Å². The molecule has 2 fully saturated rings. The first kappa shape index (κ1) is 16.3. The van der Waals surface area contributed by atoms with E-state index in [1.807, 2.05) is 0 Å². The Morgan fingerprint density at radius 3 is 1.39 bits per heavy atom. The summed E-state index contributed by atoms with van der Waals surface area (Å²) < 4.78 is 0.433. The number of alkyl halides is 4. The lowest BCUT2D eigenvalue weighted by Gasteiger charge is -2.39. The van der Waals surface area contributed by atoms with E-state index in [1.54, 1.807) is 0 Å². The summed E-state index contributed by atoms with van der Waals surface area (Å²) in [6.07, 6.45) is 13.5. The maximum absolute atomic E-state index is 3.91. The third-order valence-electron chi connectivity index (χ3n) is 4.68. The lowest BCUT2D eigenvalue weighted by molar-refractivity contribution is 0.272. The molecule has 0 radical (unpaired) electrons. The highest BCUT2D eigenvalue weighted by atomic mass is 79.9. The van der Waals surface area contributed by atoms with E-state index in [9.17, 15) is 0 Å². The topological polar surface area (TPSA) is 0 Å². The van der Waals surface area contributed by atoms with Gasteiger partial charge in [0, 0.05) is 0 Å². The van der Waals surface area contributed by atoms with E-state index >= 15 is 0 Å². The van der Waals surface area contributed by atoms with Gasteiger partial charge in [-0.3, -0.25) is 0 Å². The second-order valence-corrected chi connectivity index (χ2v) is 13.8. The van der Waals surface area contributed by atoms with Gasteiger partial charge < -0.3 is 0 Å². The predicted molar refractivity (Wildman–Crippen MR) is 94.3 cm³/mol. The van der Waals surface area contributed by atoms with Gasteiger partial charge in [-0.05, 0) is 50.4 Å². The number of rotatable bonds is 3. The molecule has 0 nitrogen and oxygen atoms in total. The average Bonchev–Trinajstić information content (AvgIpc) is 2.28. The van der Waals surface area contributed by atoms with Gasteiger partial charge in [-0.25, -0.2) is 0 Å². The summed E-state index contributed by atoms with van der Waals surface area (Å²) >= 11 is 15.6. The molecule has 0 bridgehead atoms. The van der Waals surface area contributed by atoms with Crippen molar-refractivity contribution < 1.29 is 0 Å². The van der Waals surface area contributed by atoms with E-state index in [4.69, 9.17) is 0 Å². The molecule has 2 atom stereocenters. The standard InChI is InChI=1S/C14H22Br4/c15-13(16)9-3-1-5-11(13)7-8-12-6-2-4-10-14(12,17)18/h11-12H,1-10H2. The molecule has 0 aliphatic heterocycles. The van der Waals surface area contributed by atoms with Crippen molar-refractivity contribution in [1.82, 2.24) is 0 Å². The summed E-state index contributed by atoms with van der Waals surface area (Å²) in [5.74, 6) is 1.59. The van der Waals surface area contributed by atoms with Crippen molar-refractivity contribution in [2.45, 2.75) is 70.7 Å². The fraction of sp³-hybridized carbons (Fsp3) is 1.00. The van der Waals surface area contributed by atoms with Crippen LogP contribution in [0, 0.1) is 11.8 Å². The summed E-state index contributed by atoms with van der Waals surface area (Å²) in [4.78, 5) is 0. The third-order valence-corrected chi connectivity index (χ3v) is 8.86. The molecule has 0 N–H and O–H groups in total. The molecule has 0 heterocycles. The van der Waals surface area contributed by atoms with Crippen LogP contribution in [-0.2, 0) is 0 Å². The van der Waals surface area contributed by atoms with Gasteiger partial charge in [0.05, 0.1) is 6.47 Å². The van der Waals surface area contributed by atoms with Crippen molar-refractivity contribution in [3.63, 3.8) is 0 Å². The number of hydrogen-bond donors (Lipinski definition) is 0. The minimum atomic E-state index is 0.216. The van der Waals surface area contributed by atoms with Crippen LogP contribution in [-0.4, -0.2) is 6.47 Å². The molecular weight excluding hydrogens is 488 g/mol. The molecule has 0 amide bonds. The van der Waals surface area contributed by atoms with Gasteiger partial charge in [0.1, 0.15) is 0 Å².